The van der Waals surface area contributed by atoms with Gasteiger partial charge in [-0.1, -0.05) is 6.07 Å². The Balaban J connectivity index is 1.43. The van der Waals surface area contributed by atoms with Crippen molar-refractivity contribution in [3.8, 4) is 22.1 Å². The molecule has 148 valence electrons. The van der Waals surface area contributed by atoms with E-state index in [1.165, 1.54) is 9.75 Å². The number of aromatic nitrogens is 1. The zero-order chi connectivity index (χ0) is 19.9. The van der Waals surface area contributed by atoms with E-state index in [0.717, 1.165) is 22.7 Å². The number of ether oxygens (including phenoxy) is 2. The number of nitrogens with zero attached hydrogens (tertiary/aromatic N) is 1. The number of amides is 1. The molecule has 0 aliphatic rings. The smallest absolute Gasteiger partial charge is 0.220 e. The normalized spacial score (nSPS) is 10.7. The summed E-state index contributed by atoms with van der Waals surface area (Å²) in [5.74, 6) is 1.43. The molecule has 0 radical (unpaired) electrons. The molecular weight excluding hydrogens is 392 g/mol. The van der Waals surface area contributed by atoms with Gasteiger partial charge in [-0.3, -0.25) is 4.79 Å². The van der Waals surface area contributed by atoms with Crippen LogP contribution < -0.4 is 14.8 Å². The average molecular weight is 417 g/mol. The highest BCUT2D eigenvalue weighted by molar-refractivity contribution is 7.16. The van der Waals surface area contributed by atoms with Crippen LogP contribution in [-0.2, 0) is 17.6 Å². The maximum atomic E-state index is 12.1. The van der Waals surface area contributed by atoms with Crippen LogP contribution in [0.4, 0.5) is 0 Å². The van der Waals surface area contributed by atoms with Crippen LogP contribution in [0, 0.1) is 6.92 Å². The molecule has 1 amide bonds. The largest absolute Gasteiger partial charge is 0.493 e. The van der Waals surface area contributed by atoms with E-state index in [2.05, 4.69) is 27.8 Å². The molecule has 1 N–H and O–H groups in total. The van der Waals surface area contributed by atoms with Gasteiger partial charge in [0.1, 0.15) is 0 Å². The predicted octanol–water partition coefficient (Wildman–Crippen LogP) is 4.49. The van der Waals surface area contributed by atoms with Gasteiger partial charge in [0.05, 0.1) is 29.8 Å². The molecule has 0 aliphatic carbocycles. The van der Waals surface area contributed by atoms with Crippen molar-refractivity contribution in [3.05, 3.63) is 51.2 Å². The second kappa shape index (κ2) is 9.71. The van der Waals surface area contributed by atoms with Crippen molar-refractivity contribution in [2.75, 3.05) is 20.8 Å². The van der Waals surface area contributed by atoms with Gasteiger partial charge in [0, 0.05) is 23.2 Å². The number of hydrogen-bond acceptors (Lipinski definition) is 6. The molecule has 3 rings (SSSR count). The first kappa shape index (κ1) is 20.4. The van der Waals surface area contributed by atoms with Crippen LogP contribution in [0.1, 0.15) is 21.9 Å². The third-order valence-corrected chi connectivity index (χ3v) is 6.26. The van der Waals surface area contributed by atoms with E-state index in [0.29, 0.717) is 30.9 Å². The molecular formula is C21H24N2O3S2. The monoisotopic (exact) mass is 416 g/mol. The number of methoxy groups -OCH3 is 2. The van der Waals surface area contributed by atoms with Gasteiger partial charge in [-0.25, -0.2) is 4.98 Å². The van der Waals surface area contributed by atoms with Gasteiger partial charge in [0.25, 0.3) is 0 Å². The average Bonchev–Trinajstić information content (AvgIpc) is 3.35. The Bertz CT molecular complexity index is 933. The number of benzene rings is 1. The summed E-state index contributed by atoms with van der Waals surface area (Å²) in [7, 11) is 3.22. The molecule has 2 aromatic heterocycles. The number of carbonyl (C=O) groups excluding carboxylic acids is 1. The molecule has 7 heteroatoms. The molecule has 0 fully saturated rings. The highest BCUT2D eigenvalue weighted by Gasteiger charge is 2.09. The third kappa shape index (κ3) is 5.33. The van der Waals surface area contributed by atoms with Crippen molar-refractivity contribution in [2.45, 2.75) is 26.2 Å². The van der Waals surface area contributed by atoms with E-state index < -0.39 is 0 Å². The first-order chi connectivity index (χ1) is 13.6. The molecule has 0 saturated heterocycles. The zero-order valence-corrected chi connectivity index (χ0v) is 17.9. The summed E-state index contributed by atoms with van der Waals surface area (Å²) >= 11 is 3.40. The summed E-state index contributed by atoms with van der Waals surface area (Å²) in [4.78, 5) is 19.1. The first-order valence-electron chi connectivity index (χ1n) is 9.08. The Hall–Kier alpha value is -2.38. The Morgan fingerprint density at radius 1 is 1.11 bits per heavy atom. The lowest BCUT2D eigenvalue weighted by atomic mass is 10.1. The van der Waals surface area contributed by atoms with E-state index in [1.54, 1.807) is 36.9 Å². The highest BCUT2D eigenvalue weighted by atomic mass is 32.1. The van der Waals surface area contributed by atoms with Crippen molar-refractivity contribution in [1.29, 1.82) is 0 Å². The number of aryl methyl sites for hydroxylation is 2. The van der Waals surface area contributed by atoms with Gasteiger partial charge in [-0.15, -0.1) is 22.7 Å². The summed E-state index contributed by atoms with van der Waals surface area (Å²) in [6.07, 6.45) is 1.94. The van der Waals surface area contributed by atoms with Gasteiger partial charge < -0.3 is 14.8 Å². The number of nitrogens with one attached hydrogen (secondary N) is 1. The second-order valence-corrected chi connectivity index (χ2v) is 8.54. The van der Waals surface area contributed by atoms with Gasteiger partial charge >= 0.3 is 0 Å². The molecule has 3 aromatic rings. The molecule has 0 spiro atoms. The number of rotatable bonds is 9. The Labute approximate surface area is 173 Å². The fraction of sp³-hybridized carbons (Fsp3) is 0.333. The molecule has 0 saturated carbocycles. The molecule has 0 unspecified atom stereocenters. The van der Waals surface area contributed by atoms with E-state index >= 15 is 0 Å². The number of hydrogen-bond donors (Lipinski definition) is 1. The minimum Gasteiger partial charge on any atom is -0.493 e. The minimum atomic E-state index is 0.0571. The zero-order valence-electron chi connectivity index (χ0n) is 16.3. The van der Waals surface area contributed by atoms with Crippen LogP contribution in [0.25, 0.3) is 10.6 Å². The molecule has 28 heavy (non-hydrogen) atoms. The van der Waals surface area contributed by atoms with Crippen LogP contribution in [0.15, 0.2) is 35.7 Å². The maximum Gasteiger partial charge on any atom is 0.220 e. The van der Waals surface area contributed by atoms with Crippen LogP contribution in [-0.4, -0.2) is 31.7 Å². The summed E-state index contributed by atoms with van der Waals surface area (Å²) in [5.41, 5.74) is 2.09. The van der Waals surface area contributed by atoms with Gasteiger partial charge in [0.15, 0.2) is 11.5 Å². The number of thiophene rings is 1. The van der Waals surface area contributed by atoms with Gasteiger partial charge in [0.2, 0.25) is 5.91 Å². The Morgan fingerprint density at radius 2 is 1.93 bits per heavy atom. The fourth-order valence-electron chi connectivity index (χ4n) is 2.83. The van der Waals surface area contributed by atoms with Crippen LogP contribution >= 0.6 is 22.7 Å². The molecule has 1 aromatic carbocycles. The van der Waals surface area contributed by atoms with Crippen LogP contribution in [0.2, 0.25) is 0 Å². The number of thiazole rings is 1. The summed E-state index contributed by atoms with van der Waals surface area (Å²) in [6.45, 7) is 2.65. The predicted molar refractivity (Wildman–Crippen MR) is 115 cm³/mol. The Morgan fingerprint density at radius 3 is 2.64 bits per heavy atom. The van der Waals surface area contributed by atoms with E-state index in [-0.39, 0.29) is 5.91 Å². The standard InChI is InChI=1S/C21H24N2O3S2/c1-14-23-17(13-27-14)20-8-6-16(28-20)10-11-22-21(24)9-5-15-4-7-18(25-2)19(12-15)26-3/h4,6-8,12-13H,5,9-11H2,1-3H3,(H,22,24). The van der Waals surface area contributed by atoms with Crippen molar-refractivity contribution < 1.29 is 14.3 Å². The molecule has 2 heterocycles. The minimum absolute atomic E-state index is 0.0571. The van der Waals surface area contributed by atoms with Crippen LogP contribution in [0.5, 0.6) is 11.5 Å². The van der Waals surface area contributed by atoms with Crippen molar-refractivity contribution >= 4 is 28.6 Å². The molecule has 5 nitrogen and oxygen atoms in total. The maximum absolute atomic E-state index is 12.1. The lowest BCUT2D eigenvalue weighted by Gasteiger charge is -2.09. The summed E-state index contributed by atoms with van der Waals surface area (Å²) in [5, 5.41) is 6.16. The SMILES string of the molecule is COc1ccc(CCC(=O)NCCc2ccc(-c3csc(C)n3)s2)cc1OC. The lowest BCUT2D eigenvalue weighted by molar-refractivity contribution is -0.121. The topological polar surface area (TPSA) is 60.5 Å². The number of carbonyl (C=O) groups is 1. The molecule has 0 aliphatic heterocycles. The molecule has 0 atom stereocenters. The second-order valence-electron chi connectivity index (χ2n) is 6.31. The lowest BCUT2D eigenvalue weighted by Crippen LogP contribution is -2.25. The summed E-state index contributed by atoms with van der Waals surface area (Å²) in [6, 6.07) is 9.96. The van der Waals surface area contributed by atoms with Crippen molar-refractivity contribution in [1.82, 2.24) is 10.3 Å². The van der Waals surface area contributed by atoms with E-state index in [9.17, 15) is 4.79 Å². The third-order valence-electron chi connectivity index (χ3n) is 4.32. The van der Waals surface area contributed by atoms with Crippen LogP contribution in [0.3, 0.4) is 0 Å². The highest BCUT2D eigenvalue weighted by Crippen LogP contribution is 2.29. The quantitative estimate of drug-likeness (QED) is 0.558. The fourth-order valence-corrected chi connectivity index (χ4v) is 4.49. The van der Waals surface area contributed by atoms with Crippen molar-refractivity contribution in [3.63, 3.8) is 0 Å². The van der Waals surface area contributed by atoms with E-state index in [1.807, 2.05) is 25.1 Å². The first-order valence-corrected chi connectivity index (χ1v) is 10.8. The Kier molecular flexibility index (Phi) is 7.06. The van der Waals surface area contributed by atoms with Gasteiger partial charge in [-0.05, 0) is 49.6 Å². The van der Waals surface area contributed by atoms with E-state index in [4.69, 9.17) is 9.47 Å². The van der Waals surface area contributed by atoms with Gasteiger partial charge in [-0.2, -0.15) is 0 Å². The molecule has 0 bridgehead atoms. The van der Waals surface area contributed by atoms with Crippen molar-refractivity contribution in [2.24, 2.45) is 0 Å². The summed E-state index contributed by atoms with van der Waals surface area (Å²) < 4.78 is 10.5.